The molecule has 0 amide bonds. The molecule has 0 aliphatic rings. The van der Waals surface area contributed by atoms with Crippen LogP contribution >= 0.6 is 11.6 Å². The lowest BCUT2D eigenvalue weighted by Gasteiger charge is -2.18. The van der Waals surface area contributed by atoms with Gasteiger partial charge in [-0.25, -0.2) is 37.1 Å². The molecule has 1 unspecified atom stereocenters. The van der Waals surface area contributed by atoms with E-state index in [2.05, 4.69) is 30.2 Å². The Kier molecular flexibility index (Phi) is 6.46. The Morgan fingerprint density at radius 2 is 1.84 bits per heavy atom. The van der Waals surface area contributed by atoms with Crippen molar-refractivity contribution in [3.63, 3.8) is 0 Å². The molecule has 0 radical (unpaired) electrons. The number of nitrogens with zero attached hydrogens (tertiary/aromatic N) is 6. The standard InChI is InChI=1S/C17H18ClF2N7O3S/c1-4-31(29,30)10-5-21-11(22-6-10)7-23-14-16(28)27(9(3)13(19)20)15-12(25-14)8(2)24-17(18)26-15/h5-6,9,13H,4,7H2,1-3H3,(H,23,25). The van der Waals surface area contributed by atoms with Gasteiger partial charge < -0.3 is 5.32 Å². The van der Waals surface area contributed by atoms with Crippen molar-refractivity contribution < 1.29 is 17.2 Å². The summed E-state index contributed by atoms with van der Waals surface area (Å²) in [6, 6.07) is -1.50. The van der Waals surface area contributed by atoms with Gasteiger partial charge in [0.05, 0.1) is 24.0 Å². The number of hydrogen-bond donors (Lipinski definition) is 1. The van der Waals surface area contributed by atoms with Crippen molar-refractivity contribution in [3.05, 3.63) is 39.5 Å². The molecule has 1 N–H and O–H groups in total. The zero-order valence-electron chi connectivity index (χ0n) is 16.7. The van der Waals surface area contributed by atoms with E-state index < -0.39 is 27.9 Å². The summed E-state index contributed by atoms with van der Waals surface area (Å²) < 4.78 is 51.3. The summed E-state index contributed by atoms with van der Waals surface area (Å²) in [5.74, 6) is -0.154. The van der Waals surface area contributed by atoms with E-state index in [-0.39, 0.29) is 45.3 Å². The van der Waals surface area contributed by atoms with E-state index in [0.29, 0.717) is 5.69 Å². The molecule has 166 valence electrons. The lowest BCUT2D eigenvalue weighted by molar-refractivity contribution is 0.0916. The molecule has 0 aliphatic heterocycles. The Labute approximate surface area is 180 Å². The van der Waals surface area contributed by atoms with Crippen molar-refractivity contribution in [1.29, 1.82) is 0 Å². The number of aryl methyl sites for hydroxylation is 1. The number of halogens is 3. The lowest BCUT2D eigenvalue weighted by atomic mass is 10.3. The second-order valence-corrected chi connectivity index (χ2v) is 9.17. The molecule has 0 saturated heterocycles. The largest absolute Gasteiger partial charge is 0.358 e. The molecular weight excluding hydrogens is 456 g/mol. The minimum Gasteiger partial charge on any atom is -0.358 e. The fraction of sp³-hybridized carbons (Fsp3) is 0.412. The first kappa shape index (κ1) is 22.9. The maximum absolute atomic E-state index is 13.4. The van der Waals surface area contributed by atoms with E-state index in [9.17, 15) is 22.0 Å². The molecule has 0 aliphatic carbocycles. The molecule has 3 aromatic heterocycles. The minimum absolute atomic E-state index is 0.0275. The van der Waals surface area contributed by atoms with Gasteiger partial charge in [-0.3, -0.25) is 9.36 Å². The van der Waals surface area contributed by atoms with Crippen molar-refractivity contribution >= 4 is 38.4 Å². The van der Waals surface area contributed by atoms with Gasteiger partial charge in [-0.15, -0.1) is 0 Å². The van der Waals surface area contributed by atoms with E-state index >= 15 is 0 Å². The highest BCUT2D eigenvalue weighted by atomic mass is 35.5. The van der Waals surface area contributed by atoms with Crippen LogP contribution in [0.3, 0.4) is 0 Å². The van der Waals surface area contributed by atoms with Gasteiger partial charge in [-0.1, -0.05) is 6.92 Å². The summed E-state index contributed by atoms with van der Waals surface area (Å²) in [4.78, 5) is 32.8. The summed E-state index contributed by atoms with van der Waals surface area (Å²) in [7, 11) is -3.45. The smallest absolute Gasteiger partial charge is 0.295 e. The second kappa shape index (κ2) is 8.75. The first-order valence-corrected chi connectivity index (χ1v) is 11.1. The predicted octanol–water partition coefficient (Wildman–Crippen LogP) is 2.17. The number of hydrogen-bond acceptors (Lipinski definition) is 9. The number of anilines is 1. The van der Waals surface area contributed by atoms with Crippen LogP contribution in [0.15, 0.2) is 22.1 Å². The first-order valence-electron chi connectivity index (χ1n) is 9.07. The molecule has 10 nitrogen and oxygen atoms in total. The quantitative estimate of drug-likeness (QED) is 0.512. The number of rotatable bonds is 7. The molecule has 0 bridgehead atoms. The maximum atomic E-state index is 13.4. The van der Waals surface area contributed by atoms with Gasteiger partial charge in [-0.05, 0) is 25.4 Å². The molecule has 14 heteroatoms. The van der Waals surface area contributed by atoms with Crippen LogP contribution in [0.4, 0.5) is 14.6 Å². The van der Waals surface area contributed by atoms with E-state index in [4.69, 9.17) is 11.6 Å². The Balaban J connectivity index is 2.01. The summed E-state index contributed by atoms with van der Waals surface area (Å²) in [6.45, 7) is 4.14. The van der Waals surface area contributed by atoms with Gasteiger partial charge in [0.1, 0.15) is 16.2 Å². The van der Waals surface area contributed by atoms with Crippen molar-refractivity contribution in [2.24, 2.45) is 0 Å². The van der Waals surface area contributed by atoms with Gasteiger partial charge >= 0.3 is 0 Å². The highest BCUT2D eigenvalue weighted by Gasteiger charge is 2.24. The number of fused-ring (bicyclic) bond motifs is 1. The summed E-state index contributed by atoms with van der Waals surface area (Å²) in [5.41, 5.74) is -0.506. The summed E-state index contributed by atoms with van der Waals surface area (Å²) in [6.07, 6.45) is -0.525. The predicted molar refractivity (Wildman–Crippen MR) is 109 cm³/mol. The maximum Gasteiger partial charge on any atom is 0.295 e. The average Bonchev–Trinajstić information content (AvgIpc) is 2.72. The van der Waals surface area contributed by atoms with Crippen molar-refractivity contribution in [3.8, 4) is 0 Å². The molecule has 0 aromatic carbocycles. The average molecular weight is 474 g/mol. The normalized spacial score (nSPS) is 13.0. The molecule has 3 heterocycles. The van der Waals surface area contributed by atoms with Crippen LogP contribution in [-0.4, -0.2) is 50.1 Å². The lowest BCUT2D eigenvalue weighted by Crippen LogP contribution is -2.31. The summed E-state index contributed by atoms with van der Waals surface area (Å²) >= 11 is 5.84. The Bertz CT molecular complexity index is 1280. The van der Waals surface area contributed by atoms with E-state index in [1.807, 2.05) is 0 Å². The van der Waals surface area contributed by atoms with Crippen LogP contribution in [0, 0.1) is 6.92 Å². The van der Waals surface area contributed by atoms with Crippen LogP contribution in [-0.2, 0) is 16.4 Å². The van der Waals surface area contributed by atoms with Crippen molar-refractivity contribution in [2.45, 2.75) is 44.7 Å². The third-order valence-corrected chi connectivity index (χ3v) is 6.35. The zero-order valence-corrected chi connectivity index (χ0v) is 18.2. The molecule has 0 saturated carbocycles. The topological polar surface area (TPSA) is 133 Å². The first-order chi connectivity index (χ1) is 14.5. The van der Waals surface area contributed by atoms with Crippen LogP contribution in [0.25, 0.3) is 11.2 Å². The highest BCUT2D eigenvalue weighted by molar-refractivity contribution is 7.91. The Hall–Kier alpha value is -2.80. The highest BCUT2D eigenvalue weighted by Crippen LogP contribution is 2.22. The second-order valence-electron chi connectivity index (χ2n) is 6.55. The van der Waals surface area contributed by atoms with Crippen LogP contribution in [0.5, 0.6) is 0 Å². The van der Waals surface area contributed by atoms with Gasteiger partial charge in [0.25, 0.3) is 12.0 Å². The van der Waals surface area contributed by atoms with Gasteiger partial charge in [0.2, 0.25) is 5.28 Å². The SMILES string of the molecule is CCS(=O)(=O)c1cnc(CNc2nc3c(C)nc(Cl)nc3n(C(C)C(F)F)c2=O)nc1. The molecule has 31 heavy (non-hydrogen) atoms. The van der Waals surface area contributed by atoms with Gasteiger partial charge in [0, 0.05) is 12.4 Å². The van der Waals surface area contributed by atoms with Gasteiger partial charge in [-0.2, -0.15) is 4.98 Å². The zero-order chi connectivity index (χ0) is 22.9. The number of sulfone groups is 1. The van der Waals surface area contributed by atoms with E-state index in [0.717, 1.165) is 17.0 Å². The molecule has 1 atom stereocenters. The van der Waals surface area contributed by atoms with Gasteiger partial charge in [0.15, 0.2) is 21.3 Å². The fourth-order valence-electron chi connectivity index (χ4n) is 2.72. The third kappa shape index (κ3) is 4.61. The number of nitrogens with one attached hydrogen (secondary N) is 1. The molecule has 3 rings (SSSR count). The molecule has 0 fully saturated rings. The fourth-order valence-corrected chi connectivity index (χ4v) is 3.68. The van der Waals surface area contributed by atoms with E-state index in [1.54, 1.807) is 6.92 Å². The van der Waals surface area contributed by atoms with Crippen LogP contribution in [0.2, 0.25) is 5.28 Å². The summed E-state index contributed by atoms with van der Waals surface area (Å²) in [5, 5.41) is 2.52. The molecule has 0 spiro atoms. The monoisotopic (exact) mass is 473 g/mol. The Morgan fingerprint density at radius 3 is 2.42 bits per heavy atom. The number of aromatic nitrogens is 6. The van der Waals surface area contributed by atoms with Crippen LogP contribution < -0.4 is 10.9 Å². The molecular formula is C17H18ClF2N7O3S. The number of alkyl halides is 2. The minimum atomic E-state index is -3.45. The molecule has 3 aromatic rings. The Morgan fingerprint density at radius 1 is 1.19 bits per heavy atom. The van der Waals surface area contributed by atoms with Crippen molar-refractivity contribution in [2.75, 3.05) is 11.1 Å². The van der Waals surface area contributed by atoms with E-state index in [1.165, 1.54) is 13.8 Å². The van der Waals surface area contributed by atoms with Crippen molar-refractivity contribution in [1.82, 2.24) is 29.5 Å². The van der Waals surface area contributed by atoms with Crippen LogP contribution in [0.1, 0.15) is 31.4 Å². The third-order valence-electron chi connectivity index (χ3n) is 4.49.